The maximum Gasteiger partial charge on any atom is 0.258 e. The number of aromatic nitrogens is 2. The van der Waals surface area contributed by atoms with Gasteiger partial charge in [0, 0.05) is 5.56 Å². The molecule has 1 aromatic heterocycles. The van der Waals surface area contributed by atoms with Crippen LogP contribution in [0.25, 0.3) is 22.0 Å². The number of phenols is 1. The summed E-state index contributed by atoms with van der Waals surface area (Å²) < 4.78 is 5.47. The topological polar surface area (TPSA) is 75.2 Å². The molecule has 124 valence electrons. The van der Waals surface area contributed by atoms with Gasteiger partial charge in [0.15, 0.2) is 0 Å². The van der Waals surface area contributed by atoms with Gasteiger partial charge in [0.1, 0.15) is 17.0 Å². The highest BCUT2D eigenvalue weighted by molar-refractivity contribution is 5.89. The third-order valence-electron chi connectivity index (χ3n) is 4.10. The van der Waals surface area contributed by atoms with Crippen LogP contribution in [0, 0.1) is 0 Å². The zero-order valence-corrected chi connectivity index (χ0v) is 14.2. The Kier molecular flexibility index (Phi) is 3.79. The van der Waals surface area contributed by atoms with Gasteiger partial charge in [-0.15, -0.1) is 0 Å². The quantitative estimate of drug-likeness (QED) is 0.755. The van der Waals surface area contributed by atoms with Crippen LogP contribution in [0.3, 0.4) is 0 Å². The molecule has 3 rings (SSSR count). The molecular weight excluding hydrogens is 304 g/mol. The van der Waals surface area contributed by atoms with Gasteiger partial charge in [0.2, 0.25) is 0 Å². The standard InChI is InChI=1S/C19H20N2O3/c1-19(2,3)12-5-6-16(24-4)13(9-12)11-7-14-17(15(22)8-11)20-10-21-18(14)23/h5-10,22H,1-4H3,(H,20,21,23). The second-order valence-corrected chi connectivity index (χ2v) is 6.79. The lowest BCUT2D eigenvalue weighted by Gasteiger charge is -2.21. The largest absolute Gasteiger partial charge is 0.506 e. The summed E-state index contributed by atoms with van der Waals surface area (Å²) in [5.41, 5.74) is 2.64. The van der Waals surface area contributed by atoms with Crippen LogP contribution < -0.4 is 10.3 Å². The Morgan fingerprint density at radius 3 is 2.58 bits per heavy atom. The SMILES string of the molecule is COc1ccc(C(C)(C)C)cc1-c1cc(O)c2nc[nH]c(=O)c2c1. The van der Waals surface area contributed by atoms with Crippen molar-refractivity contribution in [2.45, 2.75) is 26.2 Å². The van der Waals surface area contributed by atoms with Gasteiger partial charge in [-0.3, -0.25) is 4.79 Å². The van der Waals surface area contributed by atoms with E-state index in [1.54, 1.807) is 19.2 Å². The van der Waals surface area contributed by atoms with Gasteiger partial charge in [-0.1, -0.05) is 26.8 Å². The first kappa shape index (κ1) is 16.1. The molecule has 0 aliphatic rings. The number of hydrogen-bond donors (Lipinski definition) is 2. The Morgan fingerprint density at radius 2 is 1.92 bits per heavy atom. The second kappa shape index (κ2) is 5.67. The average Bonchev–Trinajstić information content (AvgIpc) is 2.54. The number of benzene rings is 2. The van der Waals surface area contributed by atoms with Gasteiger partial charge in [-0.05, 0) is 40.8 Å². The molecule has 0 unspecified atom stereocenters. The highest BCUT2D eigenvalue weighted by Crippen LogP contribution is 2.37. The maximum atomic E-state index is 12.1. The number of nitrogens with one attached hydrogen (secondary N) is 1. The lowest BCUT2D eigenvalue weighted by Crippen LogP contribution is -2.11. The molecule has 0 aliphatic heterocycles. The molecule has 0 amide bonds. The van der Waals surface area contributed by atoms with Crippen LogP contribution in [-0.4, -0.2) is 22.2 Å². The molecule has 0 spiro atoms. The molecule has 0 fully saturated rings. The van der Waals surface area contributed by atoms with E-state index < -0.39 is 0 Å². The Hall–Kier alpha value is -2.82. The average molecular weight is 324 g/mol. The molecule has 24 heavy (non-hydrogen) atoms. The fraction of sp³-hybridized carbons (Fsp3) is 0.263. The Bertz CT molecular complexity index is 968. The summed E-state index contributed by atoms with van der Waals surface area (Å²) in [6.45, 7) is 6.39. The number of rotatable bonds is 2. The van der Waals surface area contributed by atoms with E-state index in [1.807, 2.05) is 18.2 Å². The van der Waals surface area contributed by atoms with E-state index in [9.17, 15) is 9.90 Å². The van der Waals surface area contributed by atoms with Gasteiger partial charge in [-0.2, -0.15) is 0 Å². The zero-order chi connectivity index (χ0) is 17.5. The van der Waals surface area contributed by atoms with E-state index in [0.717, 1.165) is 11.1 Å². The maximum absolute atomic E-state index is 12.1. The van der Waals surface area contributed by atoms with Crippen molar-refractivity contribution in [1.82, 2.24) is 9.97 Å². The molecule has 2 aromatic carbocycles. The van der Waals surface area contributed by atoms with Crippen molar-refractivity contribution in [1.29, 1.82) is 0 Å². The summed E-state index contributed by atoms with van der Waals surface area (Å²) in [6.07, 6.45) is 1.28. The summed E-state index contributed by atoms with van der Waals surface area (Å²) in [5.74, 6) is 0.652. The normalized spacial score (nSPS) is 11.7. The highest BCUT2D eigenvalue weighted by atomic mass is 16.5. The number of fused-ring (bicyclic) bond motifs is 1. The predicted molar refractivity (Wildman–Crippen MR) is 94.7 cm³/mol. The molecule has 0 saturated heterocycles. The molecular formula is C19H20N2O3. The smallest absolute Gasteiger partial charge is 0.258 e. The van der Waals surface area contributed by atoms with E-state index >= 15 is 0 Å². The second-order valence-electron chi connectivity index (χ2n) is 6.79. The summed E-state index contributed by atoms with van der Waals surface area (Å²) in [6, 6.07) is 9.30. The first-order valence-electron chi connectivity index (χ1n) is 7.70. The number of nitrogens with zero attached hydrogens (tertiary/aromatic N) is 1. The molecule has 0 radical (unpaired) electrons. The highest BCUT2D eigenvalue weighted by Gasteiger charge is 2.18. The minimum absolute atomic E-state index is 0.0288. The van der Waals surface area contributed by atoms with Crippen LogP contribution in [0.4, 0.5) is 0 Å². The fourth-order valence-corrected chi connectivity index (χ4v) is 2.72. The number of phenolic OH excluding ortho intramolecular Hbond substituents is 1. The zero-order valence-electron chi connectivity index (χ0n) is 14.2. The third kappa shape index (κ3) is 2.73. The molecule has 0 bridgehead atoms. The van der Waals surface area contributed by atoms with Crippen LogP contribution in [0.2, 0.25) is 0 Å². The number of H-pyrrole nitrogens is 1. The monoisotopic (exact) mass is 324 g/mol. The summed E-state index contributed by atoms with van der Waals surface area (Å²) >= 11 is 0. The molecule has 0 aliphatic carbocycles. The molecule has 2 N–H and O–H groups in total. The van der Waals surface area contributed by atoms with E-state index in [0.29, 0.717) is 16.7 Å². The van der Waals surface area contributed by atoms with Crippen molar-refractivity contribution in [3.63, 3.8) is 0 Å². The molecule has 5 heteroatoms. The van der Waals surface area contributed by atoms with Crippen molar-refractivity contribution in [3.8, 4) is 22.6 Å². The van der Waals surface area contributed by atoms with Crippen LogP contribution >= 0.6 is 0 Å². The first-order valence-corrected chi connectivity index (χ1v) is 7.70. The van der Waals surface area contributed by atoms with Crippen molar-refractivity contribution < 1.29 is 9.84 Å². The Balaban J connectivity index is 2.30. The van der Waals surface area contributed by atoms with E-state index in [1.165, 1.54) is 6.33 Å². The van der Waals surface area contributed by atoms with Gasteiger partial charge in [0.05, 0.1) is 18.8 Å². The van der Waals surface area contributed by atoms with Gasteiger partial charge < -0.3 is 14.8 Å². The Labute approximate surface area is 140 Å². The van der Waals surface area contributed by atoms with Crippen molar-refractivity contribution in [3.05, 3.63) is 52.6 Å². The lowest BCUT2D eigenvalue weighted by molar-refractivity contribution is 0.416. The number of methoxy groups -OCH3 is 1. The van der Waals surface area contributed by atoms with E-state index in [2.05, 4.69) is 30.7 Å². The minimum Gasteiger partial charge on any atom is -0.506 e. The summed E-state index contributed by atoms with van der Waals surface area (Å²) in [4.78, 5) is 18.6. The molecule has 0 atom stereocenters. The van der Waals surface area contributed by atoms with Gasteiger partial charge in [0.25, 0.3) is 5.56 Å². The molecule has 0 saturated carbocycles. The van der Waals surface area contributed by atoms with Crippen molar-refractivity contribution in [2.24, 2.45) is 0 Å². The van der Waals surface area contributed by atoms with Crippen molar-refractivity contribution in [2.75, 3.05) is 7.11 Å². The summed E-state index contributed by atoms with van der Waals surface area (Å²) in [5, 5.41) is 10.6. The number of aromatic hydroxyl groups is 1. The predicted octanol–water partition coefficient (Wildman–Crippen LogP) is 3.60. The van der Waals surface area contributed by atoms with Gasteiger partial charge >= 0.3 is 0 Å². The minimum atomic E-state index is -0.289. The van der Waals surface area contributed by atoms with Crippen LogP contribution in [0.15, 0.2) is 41.5 Å². The Morgan fingerprint density at radius 1 is 1.17 bits per heavy atom. The van der Waals surface area contributed by atoms with Crippen molar-refractivity contribution >= 4 is 10.9 Å². The van der Waals surface area contributed by atoms with E-state index in [-0.39, 0.29) is 22.2 Å². The van der Waals surface area contributed by atoms with Gasteiger partial charge in [-0.25, -0.2) is 4.98 Å². The van der Waals surface area contributed by atoms with E-state index in [4.69, 9.17) is 4.74 Å². The van der Waals surface area contributed by atoms with Crippen LogP contribution in [0.5, 0.6) is 11.5 Å². The van der Waals surface area contributed by atoms with Crippen LogP contribution in [0.1, 0.15) is 26.3 Å². The van der Waals surface area contributed by atoms with Crippen LogP contribution in [-0.2, 0) is 5.41 Å². The summed E-state index contributed by atoms with van der Waals surface area (Å²) in [7, 11) is 1.60. The molecule has 1 heterocycles. The number of hydrogen-bond acceptors (Lipinski definition) is 4. The first-order chi connectivity index (χ1) is 11.3. The number of ether oxygens (including phenoxy) is 1. The third-order valence-corrected chi connectivity index (χ3v) is 4.10. The fourth-order valence-electron chi connectivity index (χ4n) is 2.72. The molecule has 5 nitrogen and oxygen atoms in total. The number of aromatic amines is 1. The lowest BCUT2D eigenvalue weighted by atomic mass is 9.85. The molecule has 3 aromatic rings.